The summed E-state index contributed by atoms with van der Waals surface area (Å²) in [6, 6.07) is 6.89. The van der Waals surface area contributed by atoms with Gasteiger partial charge in [0.1, 0.15) is 5.60 Å². The van der Waals surface area contributed by atoms with E-state index in [1.165, 1.54) is 0 Å². The summed E-state index contributed by atoms with van der Waals surface area (Å²) in [6.45, 7) is 12.7. The maximum Gasteiger partial charge on any atom is 0.308 e. The van der Waals surface area contributed by atoms with Gasteiger partial charge in [-0.3, -0.25) is 14.4 Å². The number of carbonyl (C=O) groups is 3. The molecule has 1 aromatic heterocycles. The van der Waals surface area contributed by atoms with Crippen molar-refractivity contribution in [3.63, 3.8) is 0 Å². The Morgan fingerprint density at radius 3 is 2.52 bits per heavy atom. The lowest BCUT2D eigenvalue weighted by atomic mass is 10.0. The van der Waals surface area contributed by atoms with Crippen molar-refractivity contribution in [3.8, 4) is 0 Å². The van der Waals surface area contributed by atoms with Crippen LogP contribution < -0.4 is 10.6 Å². The minimum absolute atomic E-state index is 0.0628. The number of carbonyl (C=O) groups excluding carboxylic acids is 3. The monoisotopic (exact) mass is 555 g/mol. The molecule has 4 rings (SSSR count). The predicted molar refractivity (Wildman–Crippen MR) is 149 cm³/mol. The molecule has 3 N–H and O–H groups in total. The first-order valence-electron chi connectivity index (χ1n) is 13.5. The van der Waals surface area contributed by atoms with E-state index in [4.69, 9.17) is 14.2 Å². The van der Waals surface area contributed by atoms with Crippen LogP contribution in [-0.4, -0.2) is 52.9 Å². The molecule has 0 bridgehead atoms. The van der Waals surface area contributed by atoms with Crippen LogP contribution in [0.15, 0.2) is 24.3 Å². The van der Waals surface area contributed by atoms with Crippen molar-refractivity contribution < 1.29 is 33.0 Å². The molecule has 0 unspecified atom stereocenters. The molecule has 2 aliphatic rings. The summed E-state index contributed by atoms with van der Waals surface area (Å²) in [5.41, 5.74) is 1.72. The van der Waals surface area contributed by atoms with Crippen LogP contribution in [-0.2, 0) is 23.8 Å². The Morgan fingerprint density at radius 1 is 1.15 bits per heavy atom. The van der Waals surface area contributed by atoms with Crippen molar-refractivity contribution in [1.29, 1.82) is 0 Å². The molecule has 3 heterocycles. The zero-order chi connectivity index (χ0) is 29.4. The summed E-state index contributed by atoms with van der Waals surface area (Å²) in [5.74, 6) is -2.82. The van der Waals surface area contributed by atoms with Crippen LogP contribution in [0.3, 0.4) is 0 Å². The van der Waals surface area contributed by atoms with Gasteiger partial charge in [-0.25, -0.2) is 4.39 Å². The summed E-state index contributed by atoms with van der Waals surface area (Å²) in [4.78, 5) is 40.9. The van der Waals surface area contributed by atoms with Crippen LogP contribution in [0.5, 0.6) is 0 Å². The second kappa shape index (κ2) is 11.2. The average Bonchev–Trinajstić information content (AvgIpc) is 3.30. The number of H-pyrrole nitrogens is 1. The molecule has 2 aromatic rings. The SMILES string of the molecule is Cc1[nH]c(C(F)=C2C(=O)Nc3ccccc32)c(C)c1C(=O)NCC[C@@H]1C[C@H](CC(=O)OC(C)(C)C)OC(C)(C)O1. The summed E-state index contributed by atoms with van der Waals surface area (Å²) < 4.78 is 33.1. The lowest BCUT2D eigenvalue weighted by molar-refractivity contribution is -0.300. The zero-order valence-corrected chi connectivity index (χ0v) is 24.1. The number of anilines is 1. The number of rotatable bonds is 7. The van der Waals surface area contributed by atoms with Crippen LogP contribution in [0, 0.1) is 13.8 Å². The summed E-state index contributed by atoms with van der Waals surface area (Å²) in [7, 11) is 0. The molecule has 2 amide bonds. The molecule has 10 heteroatoms. The van der Waals surface area contributed by atoms with Gasteiger partial charge in [-0.05, 0) is 66.5 Å². The number of benzene rings is 1. The van der Waals surface area contributed by atoms with Crippen molar-refractivity contribution in [2.75, 3.05) is 11.9 Å². The molecule has 9 nitrogen and oxygen atoms in total. The number of aromatic nitrogens is 1. The van der Waals surface area contributed by atoms with E-state index in [1.807, 2.05) is 20.8 Å². The van der Waals surface area contributed by atoms with Crippen LogP contribution in [0.1, 0.15) is 86.8 Å². The molecule has 216 valence electrons. The van der Waals surface area contributed by atoms with Gasteiger partial charge in [0.2, 0.25) is 0 Å². The number of ether oxygens (including phenoxy) is 3. The molecule has 0 radical (unpaired) electrons. The molecular formula is C30H38FN3O6. The van der Waals surface area contributed by atoms with E-state index in [2.05, 4.69) is 15.6 Å². The average molecular weight is 556 g/mol. The molecule has 2 atom stereocenters. The van der Waals surface area contributed by atoms with E-state index >= 15 is 4.39 Å². The molecule has 1 aromatic carbocycles. The summed E-state index contributed by atoms with van der Waals surface area (Å²) >= 11 is 0. The fourth-order valence-electron chi connectivity index (χ4n) is 5.30. The Balaban J connectivity index is 1.41. The minimum atomic E-state index is -0.890. The van der Waals surface area contributed by atoms with Gasteiger partial charge in [-0.15, -0.1) is 0 Å². The Morgan fingerprint density at radius 2 is 1.82 bits per heavy atom. The second-order valence-corrected chi connectivity index (χ2v) is 11.8. The molecule has 1 saturated heterocycles. The minimum Gasteiger partial charge on any atom is -0.460 e. The van der Waals surface area contributed by atoms with E-state index in [0.717, 1.165) is 0 Å². The smallest absolute Gasteiger partial charge is 0.308 e. The highest BCUT2D eigenvalue weighted by Crippen LogP contribution is 2.38. The van der Waals surface area contributed by atoms with Crippen molar-refractivity contribution in [2.24, 2.45) is 0 Å². The maximum absolute atomic E-state index is 15.7. The van der Waals surface area contributed by atoms with Gasteiger partial charge >= 0.3 is 5.97 Å². The number of nitrogens with one attached hydrogen (secondary N) is 3. The number of esters is 1. The van der Waals surface area contributed by atoms with Gasteiger partial charge in [0.15, 0.2) is 11.6 Å². The van der Waals surface area contributed by atoms with Crippen LogP contribution in [0.2, 0.25) is 0 Å². The number of fused-ring (bicyclic) bond motifs is 1. The first kappa shape index (κ1) is 29.5. The summed E-state index contributed by atoms with van der Waals surface area (Å²) in [5, 5.41) is 5.57. The van der Waals surface area contributed by atoms with Crippen LogP contribution in [0.4, 0.5) is 10.1 Å². The largest absolute Gasteiger partial charge is 0.460 e. The van der Waals surface area contributed by atoms with Gasteiger partial charge in [-0.1, -0.05) is 18.2 Å². The Hall–Kier alpha value is -3.50. The third kappa shape index (κ3) is 6.62. The quantitative estimate of drug-likeness (QED) is 0.320. The van der Waals surface area contributed by atoms with Gasteiger partial charge in [0.25, 0.3) is 11.8 Å². The number of halogens is 1. The lowest BCUT2D eigenvalue weighted by Gasteiger charge is -2.40. The van der Waals surface area contributed by atoms with E-state index in [9.17, 15) is 14.4 Å². The highest BCUT2D eigenvalue weighted by molar-refractivity contribution is 6.36. The number of hydrogen-bond acceptors (Lipinski definition) is 6. The standard InChI is InChI=1S/C30H38FN3O6/c1-16-23(17(2)33-26(16)25(31)24-20-10-8-9-11-21(20)34-28(24)37)27(36)32-13-12-18-14-19(39-30(6,7)38-18)15-22(35)40-29(3,4)5/h8-11,18-19,33H,12-15H2,1-7H3,(H,32,36)(H,34,37)/t18-,19-/m1/s1. The second-order valence-electron chi connectivity index (χ2n) is 11.8. The molecule has 40 heavy (non-hydrogen) atoms. The van der Waals surface area contributed by atoms with E-state index in [1.54, 1.807) is 52.0 Å². The predicted octanol–water partition coefficient (Wildman–Crippen LogP) is 5.18. The summed E-state index contributed by atoms with van der Waals surface area (Å²) in [6.07, 6.45) is 0.469. The Labute approximate surface area is 233 Å². The number of para-hydroxylation sites is 1. The topological polar surface area (TPSA) is 119 Å². The van der Waals surface area contributed by atoms with Crippen LogP contribution >= 0.6 is 0 Å². The molecular weight excluding hydrogens is 517 g/mol. The number of hydrogen-bond donors (Lipinski definition) is 3. The first-order valence-corrected chi connectivity index (χ1v) is 13.5. The molecule has 1 fully saturated rings. The lowest BCUT2D eigenvalue weighted by Crippen LogP contribution is -2.46. The molecule has 0 saturated carbocycles. The van der Waals surface area contributed by atoms with Crippen molar-refractivity contribution in [2.45, 2.75) is 91.3 Å². The highest BCUT2D eigenvalue weighted by Gasteiger charge is 2.37. The van der Waals surface area contributed by atoms with Crippen molar-refractivity contribution in [1.82, 2.24) is 10.3 Å². The fraction of sp³-hybridized carbons (Fsp3) is 0.500. The third-order valence-corrected chi connectivity index (χ3v) is 6.77. The zero-order valence-electron chi connectivity index (χ0n) is 24.1. The van der Waals surface area contributed by atoms with Crippen molar-refractivity contribution in [3.05, 3.63) is 52.3 Å². The number of aryl methyl sites for hydroxylation is 1. The fourth-order valence-corrected chi connectivity index (χ4v) is 5.30. The molecule has 0 aliphatic carbocycles. The van der Waals surface area contributed by atoms with Crippen LogP contribution in [0.25, 0.3) is 11.4 Å². The molecule has 0 spiro atoms. The van der Waals surface area contributed by atoms with Crippen molar-refractivity contribution >= 4 is 34.9 Å². The highest BCUT2D eigenvalue weighted by atomic mass is 19.1. The number of amides is 2. The number of aromatic amines is 1. The first-order chi connectivity index (χ1) is 18.6. The van der Waals surface area contributed by atoms with E-state index < -0.39 is 23.1 Å². The van der Waals surface area contributed by atoms with Gasteiger partial charge in [0.05, 0.1) is 35.5 Å². The molecule has 2 aliphatic heterocycles. The maximum atomic E-state index is 15.7. The van der Waals surface area contributed by atoms with E-state index in [-0.39, 0.29) is 41.8 Å². The van der Waals surface area contributed by atoms with Gasteiger partial charge < -0.3 is 29.8 Å². The van der Waals surface area contributed by atoms with Gasteiger partial charge in [0, 0.05) is 29.9 Å². The Bertz CT molecular complexity index is 1350. The Kier molecular flexibility index (Phi) is 8.23. The normalized spacial score (nSPS) is 21.4. The van der Waals surface area contributed by atoms with Gasteiger partial charge in [-0.2, -0.15) is 0 Å². The van der Waals surface area contributed by atoms with E-state index in [0.29, 0.717) is 47.5 Å². The third-order valence-electron chi connectivity index (χ3n) is 6.77.